The maximum atomic E-state index is 6.07. The lowest BCUT2D eigenvalue weighted by atomic mass is 10.0. The van der Waals surface area contributed by atoms with Gasteiger partial charge >= 0.3 is 0 Å². The predicted molar refractivity (Wildman–Crippen MR) is 156 cm³/mol. The average molecular weight is 549 g/mol. The lowest BCUT2D eigenvalue weighted by molar-refractivity contribution is 0.0784. The minimum atomic E-state index is 0.182. The SMILES string of the molecule is CCc1nc(N)nc(NCOCCONc2nc(N)nc(CC)c2-c2ccc(C)cc2)c1-c1ccc(Cl)cc1. The van der Waals surface area contributed by atoms with E-state index in [2.05, 4.69) is 30.7 Å². The highest BCUT2D eigenvalue weighted by molar-refractivity contribution is 6.30. The first-order chi connectivity index (χ1) is 18.9. The van der Waals surface area contributed by atoms with Crippen molar-refractivity contribution in [2.45, 2.75) is 33.6 Å². The molecule has 2 heterocycles. The van der Waals surface area contributed by atoms with Gasteiger partial charge in [0.2, 0.25) is 11.9 Å². The molecule has 0 spiro atoms. The molecule has 10 nitrogen and oxygen atoms in total. The molecule has 39 heavy (non-hydrogen) atoms. The van der Waals surface area contributed by atoms with Crippen LogP contribution < -0.4 is 22.3 Å². The van der Waals surface area contributed by atoms with Gasteiger partial charge in [0, 0.05) is 16.1 Å². The quantitative estimate of drug-likeness (QED) is 0.105. The van der Waals surface area contributed by atoms with Crippen LogP contribution in [0.4, 0.5) is 23.5 Å². The zero-order valence-electron chi connectivity index (χ0n) is 22.3. The van der Waals surface area contributed by atoms with Crippen LogP contribution in [-0.2, 0) is 22.4 Å². The van der Waals surface area contributed by atoms with Crippen LogP contribution in [0.2, 0.25) is 5.02 Å². The largest absolute Gasteiger partial charge is 0.368 e. The Hall–Kier alpha value is -3.99. The first-order valence-corrected chi connectivity index (χ1v) is 13.1. The number of nitrogen functional groups attached to an aromatic ring is 2. The third kappa shape index (κ3) is 7.11. The lowest BCUT2D eigenvalue weighted by Gasteiger charge is -2.16. The van der Waals surface area contributed by atoms with Gasteiger partial charge in [-0.2, -0.15) is 9.97 Å². The van der Waals surface area contributed by atoms with Crippen molar-refractivity contribution in [3.05, 3.63) is 70.5 Å². The third-order valence-electron chi connectivity index (χ3n) is 5.99. The molecule has 4 aromatic rings. The molecule has 0 fully saturated rings. The highest BCUT2D eigenvalue weighted by Crippen LogP contribution is 2.32. The molecule has 0 saturated heterocycles. The van der Waals surface area contributed by atoms with Crippen molar-refractivity contribution in [2.24, 2.45) is 0 Å². The number of nitrogens with one attached hydrogen (secondary N) is 2. The summed E-state index contributed by atoms with van der Waals surface area (Å²) in [6, 6.07) is 15.7. The fraction of sp³-hybridized carbons (Fsp3) is 0.286. The topological polar surface area (TPSA) is 146 Å². The van der Waals surface area contributed by atoms with Crippen molar-refractivity contribution >= 4 is 35.1 Å². The molecule has 0 aliphatic rings. The number of ether oxygens (including phenoxy) is 1. The summed E-state index contributed by atoms with van der Waals surface area (Å²) in [6.07, 6.45) is 1.39. The van der Waals surface area contributed by atoms with E-state index in [1.165, 1.54) is 5.56 Å². The standard InChI is InChI=1S/C28H33ClN8O2/c1-4-21-23(19-10-12-20(29)13-11-19)25(35-27(30)33-21)32-16-38-14-15-39-37-26-24(18-8-6-17(3)7-9-18)22(5-2)34-28(31)36-26/h6-13H,4-5,14-16H2,1-3H3,(H3,30,32,33,35)(H3,31,34,36,37). The zero-order chi connectivity index (χ0) is 27.8. The van der Waals surface area contributed by atoms with Gasteiger partial charge in [0.15, 0.2) is 5.82 Å². The molecular formula is C28H33ClN8O2. The van der Waals surface area contributed by atoms with E-state index in [-0.39, 0.29) is 25.2 Å². The normalized spacial score (nSPS) is 11.0. The lowest BCUT2D eigenvalue weighted by Crippen LogP contribution is -2.16. The summed E-state index contributed by atoms with van der Waals surface area (Å²) in [4.78, 5) is 23.2. The molecule has 6 N–H and O–H groups in total. The Kier molecular flexibility index (Phi) is 9.48. The van der Waals surface area contributed by atoms with E-state index >= 15 is 0 Å². The van der Waals surface area contributed by atoms with E-state index in [1.807, 2.05) is 69.3 Å². The van der Waals surface area contributed by atoms with Crippen LogP contribution in [0.15, 0.2) is 48.5 Å². The van der Waals surface area contributed by atoms with Crippen LogP contribution in [0.3, 0.4) is 0 Å². The molecule has 204 valence electrons. The average Bonchev–Trinajstić information content (AvgIpc) is 2.93. The fourth-order valence-corrected chi connectivity index (χ4v) is 4.25. The molecule has 0 aliphatic heterocycles. The summed E-state index contributed by atoms with van der Waals surface area (Å²) in [5, 5.41) is 3.86. The predicted octanol–water partition coefficient (Wildman–Crippen LogP) is 5.28. The van der Waals surface area contributed by atoms with E-state index in [9.17, 15) is 0 Å². The van der Waals surface area contributed by atoms with Crippen LogP contribution in [0.1, 0.15) is 30.8 Å². The molecular weight excluding hydrogens is 516 g/mol. The van der Waals surface area contributed by atoms with Gasteiger partial charge in [0.05, 0.1) is 24.6 Å². The van der Waals surface area contributed by atoms with E-state index in [1.54, 1.807) is 0 Å². The van der Waals surface area contributed by atoms with Gasteiger partial charge in [-0.15, -0.1) is 0 Å². The summed E-state index contributed by atoms with van der Waals surface area (Å²) in [6.45, 7) is 6.85. The Morgan fingerprint density at radius 2 is 1.28 bits per heavy atom. The summed E-state index contributed by atoms with van der Waals surface area (Å²) < 4.78 is 5.74. The number of nitrogens with two attached hydrogens (primary N) is 2. The van der Waals surface area contributed by atoms with Crippen molar-refractivity contribution in [2.75, 3.05) is 42.2 Å². The second kappa shape index (κ2) is 13.2. The highest BCUT2D eigenvalue weighted by atomic mass is 35.5. The van der Waals surface area contributed by atoms with Crippen molar-refractivity contribution < 1.29 is 9.57 Å². The number of nitrogens with zero attached hydrogens (tertiary/aromatic N) is 4. The van der Waals surface area contributed by atoms with Gasteiger partial charge in [-0.25, -0.2) is 15.4 Å². The summed E-state index contributed by atoms with van der Waals surface area (Å²) >= 11 is 6.07. The molecule has 2 aromatic carbocycles. The molecule has 11 heteroatoms. The second-order valence-electron chi connectivity index (χ2n) is 8.76. The number of anilines is 4. The monoisotopic (exact) mass is 548 g/mol. The number of aryl methyl sites for hydroxylation is 3. The highest BCUT2D eigenvalue weighted by Gasteiger charge is 2.16. The fourth-order valence-electron chi connectivity index (χ4n) is 4.12. The van der Waals surface area contributed by atoms with Gasteiger partial charge in [0.25, 0.3) is 0 Å². The van der Waals surface area contributed by atoms with Crippen LogP contribution in [0.5, 0.6) is 0 Å². The van der Waals surface area contributed by atoms with Crippen molar-refractivity contribution in [3.63, 3.8) is 0 Å². The Bertz CT molecular complexity index is 1290. The molecule has 0 aliphatic carbocycles. The zero-order valence-corrected chi connectivity index (χ0v) is 23.0. The number of hydrogen-bond acceptors (Lipinski definition) is 10. The summed E-state index contributed by atoms with van der Waals surface area (Å²) in [5.74, 6) is 1.48. The van der Waals surface area contributed by atoms with E-state index < -0.39 is 0 Å². The van der Waals surface area contributed by atoms with Crippen LogP contribution in [-0.4, -0.2) is 39.9 Å². The maximum absolute atomic E-state index is 6.07. The summed E-state index contributed by atoms with van der Waals surface area (Å²) in [5.41, 5.74) is 21.3. The van der Waals surface area contributed by atoms with E-state index in [0.29, 0.717) is 36.1 Å². The molecule has 2 aromatic heterocycles. The van der Waals surface area contributed by atoms with Crippen molar-refractivity contribution in [3.8, 4) is 22.3 Å². The Morgan fingerprint density at radius 1 is 0.744 bits per heavy atom. The molecule has 0 amide bonds. The molecule has 0 atom stereocenters. The van der Waals surface area contributed by atoms with Gasteiger partial charge in [-0.1, -0.05) is 67.4 Å². The number of aromatic nitrogens is 4. The van der Waals surface area contributed by atoms with Gasteiger partial charge in [-0.3, -0.25) is 4.84 Å². The van der Waals surface area contributed by atoms with Crippen LogP contribution in [0, 0.1) is 6.92 Å². The first kappa shape index (κ1) is 28.0. The Morgan fingerprint density at radius 3 is 1.87 bits per heavy atom. The molecule has 0 bridgehead atoms. The second-order valence-corrected chi connectivity index (χ2v) is 9.20. The van der Waals surface area contributed by atoms with E-state index in [0.717, 1.165) is 33.6 Å². The minimum absolute atomic E-state index is 0.182. The van der Waals surface area contributed by atoms with Crippen LogP contribution in [0.25, 0.3) is 22.3 Å². The number of rotatable bonds is 12. The number of benzene rings is 2. The smallest absolute Gasteiger partial charge is 0.222 e. The third-order valence-corrected chi connectivity index (χ3v) is 6.24. The van der Waals surface area contributed by atoms with Crippen molar-refractivity contribution in [1.82, 2.24) is 19.9 Å². The van der Waals surface area contributed by atoms with Crippen LogP contribution >= 0.6 is 11.6 Å². The minimum Gasteiger partial charge on any atom is -0.368 e. The molecule has 0 unspecified atom stereocenters. The Balaban J connectivity index is 1.36. The summed E-state index contributed by atoms with van der Waals surface area (Å²) in [7, 11) is 0. The molecule has 4 rings (SSSR count). The Labute approximate surface area is 233 Å². The van der Waals surface area contributed by atoms with Gasteiger partial charge < -0.3 is 21.5 Å². The first-order valence-electron chi connectivity index (χ1n) is 12.7. The number of halogens is 1. The molecule has 0 saturated carbocycles. The van der Waals surface area contributed by atoms with Crippen molar-refractivity contribution in [1.29, 1.82) is 0 Å². The van der Waals surface area contributed by atoms with E-state index in [4.69, 9.17) is 32.6 Å². The number of hydrogen-bond donors (Lipinski definition) is 4. The van der Waals surface area contributed by atoms with Gasteiger partial charge in [0.1, 0.15) is 12.5 Å². The maximum Gasteiger partial charge on any atom is 0.222 e. The molecule has 0 radical (unpaired) electrons. The van der Waals surface area contributed by atoms with Gasteiger partial charge in [-0.05, 0) is 43.0 Å².